The zero-order valence-electron chi connectivity index (χ0n) is 13.9. The molecule has 0 aromatic carbocycles. The van der Waals surface area contributed by atoms with Crippen LogP contribution in [0.5, 0.6) is 0 Å². The molecule has 1 saturated carbocycles. The molecule has 0 aromatic heterocycles. The Balaban J connectivity index is 0.00000141. The molecule has 2 amide bonds. The molecule has 2 rings (SSSR count). The minimum absolute atomic E-state index is 0. The van der Waals surface area contributed by atoms with Gasteiger partial charge in [-0.15, -0.1) is 0 Å². The number of aliphatic hydroxyl groups excluding tert-OH is 1. The van der Waals surface area contributed by atoms with E-state index in [9.17, 15) is 9.59 Å². The summed E-state index contributed by atoms with van der Waals surface area (Å²) in [7, 11) is 0. The Labute approximate surface area is 145 Å². The van der Waals surface area contributed by atoms with E-state index in [1.54, 1.807) is 0 Å². The van der Waals surface area contributed by atoms with Crippen molar-refractivity contribution < 1.29 is 33.3 Å². The fraction of sp³-hybridized carbons (Fsp3) is 0.867. The van der Waals surface area contributed by atoms with Crippen LogP contribution in [0.1, 0.15) is 27.2 Å². The van der Waals surface area contributed by atoms with Crippen molar-refractivity contribution >= 4 is 11.8 Å². The molecule has 2 unspecified atom stereocenters. The topological polar surface area (TPSA) is 72.9 Å². The van der Waals surface area contributed by atoms with Crippen molar-refractivity contribution in [3.05, 3.63) is 0 Å². The second-order valence-corrected chi connectivity index (χ2v) is 5.32. The van der Waals surface area contributed by atoms with E-state index < -0.39 is 6.61 Å². The molecule has 22 heavy (non-hydrogen) atoms. The van der Waals surface area contributed by atoms with Crippen LogP contribution in [-0.2, 0) is 28.1 Å². The van der Waals surface area contributed by atoms with Gasteiger partial charge in [-0.05, 0) is 18.9 Å². The molecule has 1 radical (unpaired) electrons. The summed E-state index contributed by atoms with van der Waals surface area (Å²) in [6.45, 7) is 10.8. The first kappa shape index (κ1) is 21.4. The third kappa shape index (κ3) is 6.28. The summed E-state index contributed by atoms with van der Waals surface area (Å²) in [6, 6.07) is 0. The Kier molecular flexibility index (Phi) is 10.8. The standard InChI is InChI=1S/C13H23N3O3.C2H6.V/c1-2-15-3-5-16(6-4-15)13(19)11-7-10(11)8-14-12(18)9-17;1-2;/h10-11,17H,2-9H2,1H3,(H,14,18);1-2H3;. The van der Waals surface area contributed by atoms with Gasteiger partial charge in [0, 0.05) is 57.2 Å². The van der Waals surface area contributed by atoms with E-state index in [4.69, 9.17) is 5.11 Å². The fourth-order valence-corrected chi connectivity index (χ4v) is 2.60. The second kappa shape index (κ2) is 11.1. The van der Waals surface area contributed by atoms with Crippen molar-refractivity contribution in [3.8, 4) is 0 Å². The first-order valence-corrected chi connectivity index (χ1v) is 8.04. The van der Waals surface area contributed by atoms with Crippen LogP contribution in [0, 0.1) is 11.8 Å². The summed E-state index contributed by atoms with van der Waals surface area (Å²) in [5.74, 6) is 0.202. The van der Waals surface area contributed by atoms with Crippen molar-refractivity contribution in [2.24, 2.45) is 11.8 Å². The number of carbonyl (C=O) groups is 2. The quantitative estimate of drug-likeness (QED) is 0.728. The molecular weight excluding hydrogens is 321 g/mol. The molecule has 0 spiro atoms. The third-order valence-corrected chi connectivity index (χ3v) is 4.08. The Morgan fingerprint density at radius 1 is 1.18 bits per heavy atom. The number of amides is 2. The molecule has 2 fully saturated rings. The Bertz CT molecular complexity index is 347. The van der Waals surface area contributed by atoms with Crippen molar-refractivity contribution in [1.82, 2.24) is 15.1 Å². The van der Waals surface area contributed by atoms with Crippen LogP contribution >= 0.6 is 0 Å². The summed E-state index contributed by atoms with van der Waals surface area (Å²) in [5.41, 5.74) is 0. The largest absolute Gasteiger partial charge is 0.387 e. The normalized spacial score (nSPS) is 23.7. The number of nitrogens with zero attached hydrogens (tertiary/aromatic N) is 2. The van der Waals surface area contributed by atoms with Gasteiger partial charge < -0.3 is 20.2 Å². The third-order valence-electron chi connectivity index (χ3n) is 4.08. The maximum atomic E-state index is 12.2. The maximum Gasteiger partial charge on any atom is 0.245 e. The van der Waals surface area contributed by atoms with Crippen molar-refractivity contribution in [3.63, 3.8) is 0 Å². The maximum absolute atomic E-state index is 12.2. The van der Waals surface area contributed by atoms with Crippen LogP contribution in [0.4, 0.5) is 0 Å². The number of piperazine rings is 1. The number of carbonyl (C=O) groups excluding carboxylic acids is 2. The predicted octanol–water partition coefficient (Wildman–Crippen LogP) is -0.0812. The number of hydrogen-bond acceptors (Lipinski definition) is 4. The van der Waals surface area contributed by atoms with Gasteiger partial charge in [-0.2, -0.15) is 0 Å². The molecule has 6 nitrogen and oxygen atoms in total. The SMILES string of the molecule is CC.CCN1CCN(C(=O)C2CC2CNC(=O)CO)CC1.[V]. The second-order valence-electron chi connectivity index (χ2n) is 5.32. The molecule has 1 saturated heterocycles. The molecule has 1 heterocycles. The molecule has 127 valence electrons. The summed E-state index contributed by atoms with van der Waals surface area (Å²) in [5, 5.41) is 11.2. The molecule has 0 aromatic rings. The summed E-state index contributed by atoms with van der Waals surface area (Å²) in [4.78, 5) is 27.4. The zero-order chi connectivity index (χ0) is 15.8. The van der Waals surface area contributed by atoms with E-state index in [0.717, 1.165) is 39.1 Å². The van der Waals surface area contributed by atoms with Gasteiger partial charge in [0.15, 0.2) is 0 Å². The van der Waals surface area contributed by atoms with E-state index in [2.05, 4.69) is 17.1 Å². The zero-order valence-corrected chi connectivity index (χ0v) is 15.3. The average Bonchev–Trinajstić information content (AvgIpc) is 3.33. The van der Waals surface area contributed by atoms with Crippen molar-refractivity contribution in [2.45, 2.75) is 27.2 Å². The van der Waals surface area contributed by atoms with Crippen LogP contribution in [0.3, 0.4) is 0 Å². The summed E-state index contributed by atoms with van der Waals surface area (Å²) < 4.78 is 0. The molecule has 1 aliphatic heterocycles. The summed E-state index contributed by atoms with van der Waals surface area (Å²) in [6.07, 6.45) is 0.860. The fourth-order valence-electron chi connectivity index (χ4n) is 2.60. The Hall–Kier alpha value is -0.556. The average molecular weight is 350 g/mol. The van der Waals surface area contributed by atoms with Crippen LogP contribution in [0.25, 0.3) is 0 Å². The molecule has 1 aliphatic carbocycles. The van der Waals surface area contributed by atoms with Crippen LogP contribution in [0.15, 0.2) is 0 Å². The van der Waals surface area contributed by atoms with E-state index in [1.165, 1.54) is 0 Å². The van der Waals surface area contributed by atoms with Gasteiger partial charge in [-0.3, -0.25) is 9.59 Å². The van der Waals surface area contributed by atoms with Crippen LogP contribution in [0.2, 0.25) is 0 Å². The smallest absolute Gasteiger partial charge is 0.245 e. The van der Waals surface area contributed by atoms with Crippen LogP contribution in [-0.4, -0.2) is 72.6 Å². The van der Waals surface area contributed by atoms with Gasteiger partial charge in [0.25, 0.3) is 0 Å². The van der Waals surface area contributed by atoms with Crippen molar-refractivity contribution in [1.29, 1.82) is 0 Å². The van der Waals surface area contributed by atoms with E-state index in [0.29, 0.717) is 6.54 Å². The van der Waals surface area contributed by atoms with Gasteiger partial charge in [0.2, 0.25) is 11.8 Å². The van der Waals surface area contributed by atoms with Crippen LogP contribution < -0.4 is 5.32 Å². The summed E-state index contributed by atoms with van der Waals surface area (Å²) >= 11 is 0. The van der Waals surface area contributed by atoms with Gasteiger partial charge in [-0.25, -0.2) is 0 Å². The minimum atomic E-state index is -0.482. The first-order valence-electron chi connectivity index (χ1n) is 8.04. The van der Waals surface area contributed by atoms with Gasteiger partial charge >= 0.3 is 0 Å². The van der Waals surface area contributed by atoms with Crippen molar-refractivity contribution in [2.75, 3.05) is 45.9 Å². The number of likely N-dealkylation sites (N-methyl/N-ethyl adjacent to an activating group) is 1. The Morgan fingerprint density at radius 3 is 2.27 bits per heavy atom. The molecule has 0 bridgehead atoms. The molecule has 2 aliphatic rings. The number of rotatable bonds is 5. The van der Waals surface area contributed by atoms with E-state index >= 15 is 0 Å². The number of aliphatic hydroxyl groups is 1. The van der Waals surface area contributed by atoms with Gasteiger partial charge in [0.05, 0.1) is 0 Å². The van der Waals surface area contributed by atoms with Gasteiger partial charge in [0.1, 0.15) is 6.61 Å². The van der Waals surface area contributed by atoms with Gasteiger partial charge in [-0.1, -0.05) is 20.8 Å². The van der Waals surface area contributed by atoms with E-state index in [-0.39, 0.29) is 42.2 Å². The molecular formula is C15H29N3O3V. The predicted molar refractivity (Wildman–Crippen MR) is 81.7 cm³/mol. The minimum Gasteiger partial charge on any atom is -0.387 e. The first-order chi connectivity index (χ1) is 10.2. The van der Waals surface area contributed by atoms with E-state index in [1.807, 2.05) is 18.7 Å². The molecule has 2 N–H and O–H groups in total. The Morgan fingerprint density at radius 2 is 1.77 bits per heavy atom. The number of nitrogens with one attached hydrogen (secondary N) is 1. The molecule has 7 heteroatoms. The molecule has 2 atom stereocenters. The number of hydrogen-bond donors (Lipinski definition) is 2. The monoisotopic (exact) mass is 350 g/mol.